The molecule has 0 fully saturated rings. The third-order valence-corrected chi connectivity index (χ3v) is 8.31. The van der Waals surface area contributed by atoms with Crippen molar-refractivity contribution in [3.05, 3.63) is 103 Å². The molecule has 0 bridgehead atoms. The van der Waals surface area contributed by atoms with Crippen LogP contribution in [0.5, 0.6) is 5.75 Å². The van der Waals surface area contributed by atoms with Gasteiger partial charge in [0, 0.05) is 0 Å². The van der Waals surface area contributed by atoms with Crippen molar-refractivity contribution >= 4 is 28.9 Å². The molecule has 0 heterocycles. The number of rotatable bonds is 4. The molecule has 0 aliphatic heterocycles. The number of aromatic hydroxyl groups is 1. The van der Waals surface area contributed by atoms with Gasteiger partial charge in [0.05, 0.1) is 0 Å². The van der Waals surface area contributed by atoms with E-state index in [9.17, 15) is 10.00 Å². The van der Waals surface area contributed by atoms with Gasteiger partial charge in [-0.2, -0.15) is 0 Å². The first-order chi connectivity index (χ1) is 12.7. The first-order valence-corrected chi connectivity index (χ1v) is 10.8. The minimum absolute atomic E-state index is 0.197. The minimum atomic E-state index is -3.30. The molecule has 4 aromatic rings. The van der Waals surface area contributed by atoms with Crippen LogP contribution in [-0.4, -0.2) is 5.11 Å². The summed E-state index contributed by atoms with van der Waals surface area (Å²) in [6.07, 6.45) is 0.314. The van der Waals surface area contributed by atoms with Crippen LogP contribution >= 0.6 is 7.49 Å². The summed E-state index contributed by atoms with van der Waals surface area (Å²) >= 11 is 0. The first kappa shape index (κ1) is 16.8. The Balaban J connectivity index is 1.91. The summed E-state index contributed by atoms with van der Waals surface area (Å²) in [5, 5.41) is 14.2. The molecule has 0 aromatic heterocycles. The molecular weight excluding hydrogens is 339 g/mol. The zero-order chi connectivity index (χ0) is 18.0. The Morgan fingerprint density at radius 1 is 0.654 bits per heavy atom. The van der Waals surface area contributed by atoms with Gasteiger partial charge in [0.2, 0.25) is 0 Å². The summed E-state index contributed by atoms with van der Waals surface area (Å²) in [6.45, 7) is 0. The molecule has 0 aliphatic rings. The number of hydrogen-bond donors (Lipinski definition) is 1. The Morgan fingerprint density at radius 3 is 1.81 bits per heavy atom. The average molecular weight is 359 g/mol. The third kappa shape index (κ3) is 2.99. The van der Waals surface area contributed by atoms with Gasteiger partial charge >= 0.3 is 153 Å². The van der Waals surface area contributed by atoms with Crippen LogP contribution in [0.15, 0.2) is 97.1 Å². The number of benzene rings is 4. The average Bonchev–Trinajstić information content (AvgIpc) is 2.71. The maximum atomic E-state index is 14.3. The van der Waals surface area contributed by atoms with Gasteiger partial charge in [-0.3, -0.25) is 0 Å². The van der Waals surface area contributed by atoms with Crippen molar-refractivity contribution in [1.29, 1.82) is 0 Å². The number of phenols is 1. The fraction of sp³-hybridized carbons (Fsp3) is 0.0435. The molecule has 0 saturated heterocycles. The zero-order valence-corrected chi connectivity index (χ0v) is 15.3. The van der Waals surface area contributed by atoms with E-state index in [1.165, 1.54) is 0 Å². The van der Waals surface area contributed by atoms with Crippen LogP contribution in [0.2, 0.25) is 0 Å². The number of phenolic OH excluding ortho intramolecular Hbond substituents is 1. The Kier molecular flexibility index (Phi) is 4.46. The summed E-state index contributed by atoms with van der Waals surface area (Å²) in [7, 11) is -3.30. The summed E-state index contributed by atoms with van der Waals surface area (Å²) in [4.78, 5) is 14.3. The molecule has 2 nitrogen and oxygen atoms in total. The molecule has 0 aliphatic carbocycles. The molecule has 26 heavy (non-hydrogen) atoms. The molecule has 0 amide bonds. The molecule has 1 N–H and O–H groups in total. The van der Waals surface area contributed by atoms with E-state index in [0.717, 1.165) is 26.9 Å². The SMILES string of the molecule is [O][PH](Cc1c(O)ccc2ccccc12)(c1ccccc1)c1ccccc1. The van der Waals surface area contributed by atoms with E-state index in [4.69, 9.17) is 0 Å². The van der Waals surface area contributed by atoms with Crippen LogP contribution < -0.4 is 10.6 Å². The second kappa shape index (κ2) is 6.92. The normalized spacial score (nSPS) is 12.2. The quantitative estimate of drug-likeness (QED) is 0.523. The van der Waals surface area contributed by atoms with Crippen molar-refractivity contribution in [2.24, 2.45) is 0 Å². The van der Waals surface area contributed by atoms with Gasteiger partial charge in [-0.25, -0.2) is 0 Å². The number of fused-ring (bicyclic) bond motifs is 1. The van der Waals surface area contributed by atoms with E-state index in [1.54, 1.807) is 6.07 Å². The molecule has 129 valence electrons. The fourth-order valence-electron chi connectivity index (χ4n) is 3.54. The molecule has 0 saturated carbocycles. The van der Waals surface area contributed by atoms with Crippen molar-refractivity contribution < 1.29 is 10.00 Å². The van der Waals surface area contributed by atoms with Gasteiger partial charge in [0.25, 0.3) is 0 Å². The van der Waals surface area contributed by atoms with E-state index < -0.39 is 7.49 Å². The molecule has 0 spiro atoms. The van der Waals surface area contributed by atoms with E-state index in [2.05, 4.69) is 0 Å². The van der Waals surface area contributed by atoms with Crippen LogP contribution in [0.25, 0.3) is 10.8 Å². The Morgan fingerprint density at radius 2 is 1.19 bits per heavy atom. The maximum absolute atomic E-state index is 14.3. The molecule has 3 heteroatoms. The Labute approximate surface area is 153 Å². The Bertz CT molecular complexity index is 990. The van der Waals surface area contributed by atoms with Crippen LogP contribution in [0.1, 0.15) is 5.56 Å². The summed E-state index contributed by atoms with van der Waals surface area (Å²) in [5.74, 6) is 0.197. The van der Waals surface area contributed by atoms with Crippen molar-refractivity contribution in [2.45, 2.75) is 6.16 Å². The van der Waals surface area contributed by atoms with Crippen molar-refractivity contribution in [2.75, 3.05) is 0 Å². The summed E-state index contributed by atoms with van der Waals surface area (Å²) < 4.78 is 0. The van der Waals surface area contributed by atoms with Gasteiger partial charge < -0.3 is 0 Å². The van der Waals surface area contributed by atoms with Crippen LogP contribution in [0, 0.1) is 0 Å². The predicted molar refractivity (Wildman–Crippen MR) is 110 cm³/mol. The molecule has 1 radical (unpaired) electrons. The van der Waals surface area contributed by atoms with Gasteiger partial charge in [-0.1, -0.05) is 0 Å². The van der Waals surface area contributed by atoms with E-state index in [1.807, 2.05) is 91.0 Å². The molecule has 4 rings (SSSR count). The van der Waals surface area contributed by atoms with Gasteiger partial charge in [0.15, 0.2) is 0 Å². The van der Waals surface area contributed by atoms with Crippen LogP contribution in [0.3, 0.4) is 0 Å². The topological polar surface area (TPSA) is 40.1 Å². The monoisotopic (exact) mass is 359 g/mol. The van der Waals surface area contributed by atoms with Crippen LogP contribution in [-0.2, 0) is 11.1 Å². The molecule has 0 atom stereocenters. The standard InChI is InChI=1S/C23H20O2P/c24-23-16-15-18-9-7-8-14-21(18)22(23)17-26(25,19-10-3-1-4-11-19)20-12-5-2-6-13-20/h1-16,24,26H,17H2. The van der Waals surface area contributed by atoms with Crippen LogP contribution in [0.4, 0.5) is 0 Å². The third-order valence-electron chi connectivity index (χ3n) is 4.92. The van der Waals surface area contributed by atoms with E-state index in [-0.39, 0.29) is 5.75 Å². The van der Waals surface area contributed by atoms with E-state index >= 15 is 0 Å². The summed E-state index contributed by atoms with van der Waals surface area (Å²) in [5.41, 5.74) is 0.748. The van der Waals surface area contributed by atoms with Crippen molar-refractivity contribution in [1.82, 2.24) is 0 Å². The second-order valence-corrected chi connectivity index (χ2v) is 9.68. The van der Waals surface area contributed by atoms with E-state index in [0.29, 0.717) is 6.16 Å². The fourth-order valence-corrected chi connectivity index (χ4v) is 6.62. The molecular formula is C23H20O2P. The van der Waals surface area contributed by atoms with Gasteiger partial charge in [-0.15, -0.1) is 0 Å². The van der Waals surface area contributed by atoms with Crippen molar-refractivity contribution in [3.8, 4) is 5.75 Å². The van der Waals surface area contributed by atoms with Crippen molar-refractivity contribution in [3.63, 3.8) is 0 Å². The molecule has 0 unspecified atom stereocenters. The second-order valence-electron chi connectivity index (χ2n) is 6.52. The molecule has 4 aromatic carbocycles. The Hall–Kier alpha value is -2.67. The van der Waals surface area contributed by atoms with Gasteiger partial charge in [-0.05, 0) is 0 Å². The predicted octanol–water partition coefficient (Wildman–Crippen LogP) is 4.79. The first-order valence-electron chi connectivity index (χ1n) is 8.69. The summed E-state index contributed by atoms with van der Waals surface area (Å²) in [6, 6.07) is 30.7. The zero-order valence-electron chi connectivity index (χ0n) is 14.3. The van der Waals surface area contributed by atoms with Gasteiger partial charge in [0.1, 0.15) is 0 Å². The number of hydrogen-bond acceptors (Lipinski definition) is 1.